The minimum Gasteiger partial charge on any atom is -0.307 e. The highest BCUT2D eigenvalue weighted by Gasteiger charge is 2.04. The molecule has 19 heavy (non-hydrogen) atoms. The van der Waals surface area contributed by atoms with E-state index < -0.39 is 0 Å². The van der Waals surface area contributed by atoms with Crippen LogP contribution in [-0.4, -0.2) is 16.1 Å². The fourth-order valence-corrected chi connectivity index (χ4v) is 1.90. The maximum Gasteiger partial charge on any atom is 0.0991 e. The Labute approximate surface area is 115 Å². The van der Waals surface area contributed by atoms with Gasteiger partial charge in [-0.2, -0.15) is 0 Å². The van der Waals surface area contributed by atoms with Gasteiger partial charge in [0.15, 0.2) is 0 Å². The molecule has 0 aliphatic carbocycles. The first-order valence-corrected chi connectivity index (χ1v) is 6.62. The zero-order chi connectivity index (χ0) is 13.7. The molecule has 1 aromatic heterocycles. The van der Waals surface area contributed by atoms with Crippen molar-refractivity contribution in [3.63, 3.8) is 0 Å². The number of benzene rings is 1. The number of imidazole rings is 1. The first-order chi connectivity index (χ1) is 9.16. The zero-order valence-electron chi connectivity index (χ0n) is 11.8. The minimum absolute atomic E-state index is 0.354. The Morgan fingerprint density at radius 1 is 1.32 bits per heavy atom. The van der Waals surface area contributed by atoms with Crippen molar-refractivity contribution in [3.8, 4) is 5.69 Å². The molecule has 0 aliphatic rings. The van der Waals surface area contributed by atoms with Gasteiger partial charge in [-0.3, -0.25) is 0 Å². The van der Waals surface area contributed by atoms with Crippen molar-refractivity contribution in [1.29, 1.82) is 0 Å². The van der Waals surface area contributed by atoms with Crippen molar-refractivity contribution < 1.29 is 0 Å². The summed E-state index contributed by atoms with van der Waals surface area (Å²) in [5.41, 5.74) is 3.78. The van der Waals surface area contributed by atoms with Crippen LogP contribution in [-0.2, 0) is 0 Å². The molecule has 1 unspecified atom stereocenters. The summed E-state index contributed by atoms with van der Waals surface area (Å²) in [5.74, 6) is 0. The van der Waals surface area contributed by atoms with E-state index in [1.165, 1.54) is 11.1 Å². The van der Waals surface area contributed by atoms with Crippen LogP contribution >= 0.6 is 0 Å². The molecule has 0 radical (unpaired) electrons. The van der Waals surface area contributed by atoms with Crippen LogP contribution in [0.25, 0.3) is 5.69 Å². The lowest BCUT2D eigenvalue weighted by molar-refractivity contribution is 0.616. The smallest absolute Gasteiger partial charge is 0.0991 e. The molecular formula is C16H21N3. The van der Waals surface area contributed by atoms with E-state index in [-0.39, 0.29) is 0 Å². The van der Waals surface area contributed by atoms with Crippen molar-refractivity contribution in [2.45, 2.75) is 26.8 Å². The van der Waals surface area contributed by atoms with E-state index in [1.807, 2.05) is 17.1 Å². The molecule has 100 valence electrons. The largest absolute Gasteiger partial charge is 0.307 e. The average molecular weight is 255 g/mol. The fraction of sp³-hybridized carbons (Fsp3) is 0.312. The predicted octanol–water partition coefficient (Wildman–Crippen LogP) is 3.49. The quantitative estimate of drug-likeness (QED) is 0.829. The van der Waals surface area contributed by atoms with Gasteiger partial charge in [-0.15, -0.1) is 0 Å². The summed E-state index contributed by atoms with van der Waals surface area (Å²) in [6.45, 7) is 7.33. The first-order valence-electron chi connectivity index (χ1n) is 6.62. The second-order valence-electron chi connectivity index (χ2n) is 4.97. The standard InChI is InChI=1S/C16H21N3/c1-13(2)8-9-18-14(3)15-4-6-16(7-5-15)19-11-10-17-12-19/h4-8,10-12,14,18H,9H2,1-3H3. The van der Waals surface area contributed by atoms with Gasteiger partial charge >= 0.3 is 0 Å². The van der Waals surface area contributed by atoms with E-state index in [1.54, 1.807) is 6.20 Å². The van der Waals surface area contributed by atoms with Gasteiger partial charge in [0.25, 0.3) is 0 Å². The summed E-state index contributed by atoms with van der Waals surface area (Å²) < 4.78 is 2.01. The Kier molecular flexibility index (Phi) is 4.53. The molecular weight excluding hydrogens is 234 g/mol. The van der Waals surface area contributed by atoms with E-state index in [4.69, 9.17) is 0 Å². The van der Waals surface area contributed by atoms with E-state index in [0.29, 0.717) is 6.04 Å². The summed E-state index contributed by atoms with van der Waals surface area (Å²) in [6, 6.07) is 8.92. The number of allylic oxidation sites excluding steroid dienone is 1. The van der Waals surface area contributed by atoms with Gasteiger partial charge in [0, 0.05) is 30.7 Å². The molecule has 3 nitrogen and oxygen atoms in total. The number of hydrogen-bond acceptors (Lipinski definition) is 2. The summed E-state index contributed by atoms with van der Waals surface area (Å²) in [7, 11) is 0. The summed E-state index contributed by atoms with van der Waals surface area (Å²) in [6.07, 6.45) is 7.75. The van der Waals surface area contributed by atoms with Crippen molar-refractivity contribution in [3.05, 3.63) is 60.2 Å². The minimum atomic E-state index is 0.354. The van der Waals surface area contributed by atoms with Crippen LogP contribution in [0.4, 0.5) is 0 Å². The summed E-state index contributed by atoms with van der Waals surface area (Å²) >= 11 is 0. The van der Waals surface area contributed by atoms with Gasteiger partial charge in [-0.1, -0.05) is 23.8 Å². The van der Waals surface area contributed by atoms with E-state index in [2.05, 4.69) is 61.4 Å². The topological polar surface area (TPSA) is 29.9 Å². The van der Waals surface area contributed by atoms with Crippen molar-refractivity contribution >= 4 is 0 Å². The van der Waals surface area contributed by atoms with Crippen LogP contribution in [0.2, 0.25) is 0 Å². The molecule has 0 spiro atoms. The molecule has 0 bridgehead atoms. The van der Waals surface area contributed by atoms with Crippen LogP contribution in [0.3, 0.4) is 0 Å². The highest BCUT2D eigenvalue weighted by molar-refractivity contribution is 5.35. The van der Waals surface area contributed by atoms with Crippen molar-refractivity contribution in [2.75, 3.05) is 6.54 Å². The highest BCUT2D eigenvalue weighted by atomic mass is 15.0. The van der Waals surface area contributed by atoms with Crippen LogP contribution in [0.1, 0.15) is 32.4 Å². The molecule has 0 amide bonds. The second-order valence-corrected chi connectivity index (χ2v) is 4.97. The Morgan fingerprint density at radius 3 is 2.63 bits per heavy atom. The number of nitrogens with one attached hydrogen (secondary N) is 1. The molecule has 0 saturated heterocycles. The summed E-state index contributed by atoms with van der Waals surface area (Å²) in [5, 5.41) is 3.49. The van der Waals surface area contributed by atoms with Gasteiger partial charge in [-0.25, -0.2) is 4.98 Å². The zero-order valence-corrected chi connectivity index (χ0v) is 11.8. The number of aromatic nitrogens is 2. The lowest BCUT2D eigenvalue weighted by atomic mass is 10.1. The molecule has 0 saturated carbocycles. The molecule has 1 aromatic carbocycles. The third kappa shape index (κ3) is 3.80. The third-order valence-electron chi connectivity index (χ3n) is 3.13. The Morgan fingerprint density at radius 2 is 2.05 bits per heavy atom. The van der Waals surface area contributed by atoms with Gasteiger partial charge < -0.3 is 9.88 Å². The normalized spacial score (nSPS) is 12.2. The lowest BCUT2D eigenvalue weighted by Gasteiger charge is -2.13. The van der Waals surface area contributed by atoms with Gasteiger partial charge in [0.1, 0.15) is 0 Å². The van der Waals surface area contributed by atoms with Gasteiger partial charge in [0.2, 0.25) is 0 Å². The molecule has 0 fully saturated rings. The molecule has 0 aliphatic heterocycles. The van der Waals surface area contributed by atoms with E-state index in [0.717, 1.165) is 12.2 Å². The Bertz CT molecular complexity index is 520. The number of hydrogen-bond donors (Lipinski definition) is 1. The van der Waals surface area contributed by atoms with Crippen molar-refractivity contribution in [1.82, 2.24) is 14.9 Å². The summed E-state index contributed by atoms with van der Waals surface area (Å²) in [4.78, 5) is 4.06. The third-order valence-corrected chi connectivity index (χ3v) is 3.13. The molecule has 3 heteroatoms. The molecule has 2 rings (SSSR count). The predicted molar refractivity (Wildman–Crippen MR) is 79.4 cm³/mol. The van der Waals surface area contributed by atoms with Crippen molar-refractivity contribution in [2.24, 2.45) is 0 Å². The lowest BCUT2D eigenvalue weighted by Crippen LogP contribution is -2.18. The van der Waals surface area contributed by atoms with E-state index in [9.17, 15) is 0 Å². The molecule has 2 aromatic rings. The number of rotatable bonds is 5. The Balaban J connectivity index is 2.00. The SMILES string of the molecule is CC(C)=CCNC(C)c1ccc(-n2ccnc2)cc1. The molecule has 1 atom stereocenters. The Hall–Kier alpha value is -1.87. The average Bonchev–Trinajstić information content (AvgIpc) is 2.92. The van der Waals surface area contributed by atoms with Gasteiger partial charge in [0.05, 0.1) is 6.33 Å². The second kappa shape index (κ2) is 6.34. The van der Waals surface area contributed by atoms with Crippen LogP contribution in [0.15, 0.2) is 54.6 Å². The van der Waals surface area contributed by atoms with Crippen LogP contribution in [0.5, 0.6) is 0 Å². The van der Waals surface area contributed by atoms with Crippen LogP contribution in [0, 0.1) is 0 Å². The van der Waals surface area contributed by atoms with Crippen LogP contribution < -0.4 is 5.32 Å². The molecule has 1 N–H and O–H groups in total. The fourth-order valence-electron chi connectivity index (χ4n) is 1.90. The molecule has 1 heterocycles. The highest BCUT2D eigenvalue weighted by Crippen LogP contribution is 2.15. The maximum absolute atomic E-state index is 4.06. The van der Waals surface area contributed by atoms with Gasteiger partial charge in [-0.05, 0) is 38.5 Å². The number of nitrogens with zero attached hydrogens (tertiary/aromatic N) is 2. The first kappa shape index (κ1) is 13.6. The maximum atomic E-state index is 4.06. The van der Waals surface area contributed by atoms with E-state index >= 15 is 0 Å². The monoisotopic (exact) mass is 255 g/mol.